The first-order valence-corrected chi connectivity index (χ1v) is 8.75. The van der Waals surface area contributed by atoms with Crippen LogP contribution in [0.15, 0.2) is 48.5 Å². The van der Waals surface area contributed by atoms with Crippen LogP contribution in [0, 0.1) is 0 Å². The lowest BCUT2D eigenvalue weighted by atomic mass is 10.1. The molecule has 0 unspecified atom stereocenters. The fourth-order valence-corrected chi connectivity index (χ4v) is 2.62. The van der Waals surface area contributed by atoms with Crippen LogP contribution in [0.2, 0.25) is 0 Å². The van der Waals surface area contributed by atoms with Gasteiger partial charge in [0, 0.05) is 0 Å². The molecular formula is C20H17F6NO3. The van der Waals surface area contributed by atoms with Crippen molar-refractivity contribution in [3.8, 4) is 0 Å². The normalized spacial score (nSPS) is 12.9. The van der Waals surface area contributed by atoms with Gasteiger partial charge in [0.05, 0.1) is 28.3 Å². The highest BCUT2D eigenvalue weighted by molar-refractivity contribution is 5.96. The highest BCUT2D eigenvalue weighted by Crippen LogP contribution is 2.33. The molecule has 0 saturated heterocycles. The summed E-state index contributed by atoms with van der Waals surface area (Å²) < 4.78 is 83.1. The number of alkyl halides is 6. The third-order valence-electron chi connectivity index (χ3n) is 4.17. The number of halogens is 6. The van der Waals surface area contributed by atoms with Crippen molar-refractivity contribution in [1.29, 1.82) is 0 Å². The number of amides is 1. The van der Waals surface area contributed by atoms with Gasteiger partial charge in [0.1, 0.15) is 6.61 Å². The molecular weight excluding hydrogens is 416 g/mol. The Balaban J connectivity index is 2.10. The van der Waals surface area contributed by atoms with Crippen molar-refractivity contribution >= 4 is 11.9 Å². The van der Waals surface area contributed by atoms with E-state index in [-0.39, 0.29) is 6.42 Å². The van der Waals surface area contributed by atoms with Gasteiger partial charge in [-0.2, -0.15) is 26.3 Å². The zero-order valence-electron chi connectivity index (χ0n) is 15.6. The molecule has 162 valence electrons. The zero-order chi connectivity index (χ0) is 22.5. The lowest BCUT2D eigenvalue weighted by molar-refractivity contribution is -0.138. The number of nitrogens with one attached hydrogen (secondary N) is 1. The Morgan fingerprint density at radius 3 is 1.83 bits per heavy atom. The van der Waals surface area contributed by atoms with Gasteiger partial charge in [-0.1, -0.05) is 31.2 Å². The number of carbonyl (C=O) groups is 2. The fraction of sp³-hybridized carbons (Fsp3) is 0.300. The van der Waals surface area contributed by atoms with Crippen molar-refractivity contribution in [3.63, 3.8) is 0 Å². The molecule has 10 heteroatoms. The van der Waals surface area contributed by atoms with Crippen molar-refractivity contribution in [3.05, 3.63) is 70.8 Å². The van der Waals surface area contributed by atoms with Gasteiger partial charge >= 0.3 is 18.3 Å². The van der Waals surface area contributed by atoms with E-state index in [9.17, 15) is 35.9 Å². The maximum absolute atomic E-state index is 13.1. The lowest BCUT2D eigenvalue weighted by Gasteiger charge is -2.19. The topological polar surface area (TPSA) is 55.4 Å². The van der Waals surface area contributed by atoms with E-state index in [0.29, 0.717) is 0 Å². The molecule has 1 atom stereocenters. The van der Waals surface area contributed by atoms with E-state index in [1.54, 1.807) is 6.92 Å². The fourth-order valence-electron chi connectivity index (χ4n) is 2.62. The average molecular weight is 433 g/mol. The summed E-state index contributed by atoms with van der Waals surface area (Å²) in [5, 5.41) is 2.31. The Hall–Kier alpha value is -3.04. The summed E-state index contributed by atoms with van der Waals surface area (Å²) in [4.78, 5) is 24.4. The molecule has 0 aliphatic carbocycles. The van der Waals surface area contributed by atoms with Gasteiger partial charge in [-0.3, -0.25) is 4.79 Å². The molecule has 0 aromatic heterocycles. The molecule has 0 aliphatic rings. The predicted molar refractivity (Wildman–Crippen MR) is 94.7 cm³/mol. The van der Waals surface area contributed by atoms with Crippen LogP contribution >= 0.6 is 0 Å². The number of ether oxygens (including phenoxy) is 1. The molecule has 0 heterocycles. The Morgan fingerprint density at radius 2 is 1.33 bits per heavy atom. The Bertz CT molecular complexity index is 908. The third-order valence-corrected chi connectivity index (χ3v) is 4.17. The van der Waals surface area contributed by atoms with Crippen LogP contribution in [0.5, 0.6) is 0 Å². The van der Waals surface area contributed by atoms with Crippen LogP contribution in [0.3, 0.4) is 0 Å². The van der Waals surface area contributed by atoms with Crippen molar-refractivity contribution in [2.75, 3.05) is 6.61 Å². The minimum atomic E-state index is -4.77. The number of hydrogen-bond acceptors (Lipinski definition) is 3. The van der Waals surface area contributed by atoms with E-state index in [1.165, 1.54) is 12.1 Å². The predicted octanol–water partition coefficient (Wildman–Crippen LogP) is 5.09. The monoisotopic (exact) mass is 433 g/mol. The number of hydrogen-bond donors (Lipinski definition) is 1. The van der Waals surface area contributed by atoms with E-state index < -0.39 is 59.1 Å². The second-order valence-electron chi connectivity index (χ2n) is 6.26. The first-order valence-electron chi connectivity index (χ1n) is 8.75. The molecule has 2 aromatic rings. The summed E-state index contributed by atoms with van der Waals surface area (Å²) in [7, 11) is 0. The summed E-state index contributed by atoms with van der Waals surface area (Å²) in [5.41, 5.74) is -3.62. The Morgan fingerprint density at radius 1 is 0.867 bits per heavy atom. The summed E-state index contributed by atoms with van der Waals surface area (Å²) in [6, 6.07) is 7.27. The first-order chi connectivity index (χ1) is 13.9. The molecule has 0 spiro atoms. The van der Waals surface area contributed by atoms with Crippen molar-refractivity contribution in [2.45, 2.75) is 31.7 Å². The first kappa shape index (κ1) is 23.2. The van der Waals surface area contributed by atoms with E-state index in [1.807, 2.05) is 0 Å². The van der Waals surface area contributed by atoms with Crippen LogP contribution in [0.1, 0.15) is 45.2 Å². The highest BCUT2D eigenvalue weighted by atomic mass is 19.4. The maximum Gasteiger partial charge on any atom is 0.417 e. The van der Waals surface area contributed by atoms with Crippen LogP contribution < -0.4 is 5.32 Å². The smallest absolute Gasteiger partial charge is 0.417 e. The molecule has 0 saturated carbocycles. The van der Waals surface area contributed by atoms with E-state index >= 15 is 0 Å². The van der Waals surface area contributed by atoms with Gasteiger partial charge in [0.15, 0.2) is 0 Å². The molecule has 0 aliphatic heterocycles. The van der Waals surface area contributed by atoms with Gasteiger partial charge in [-0.05, 0) is 30.7 Å². The SMILES string of the molecule is CC[C@H](COC(=O)c1ccccc1C(F)(F)F)NC(=O)c1ccccc1C(F)(F)F. The second-order valence-corrected chi connectivity index (χ2v) is 6.26. The Kier molecular flexibility index (Phi) is 7.12. The zero-order valence-corrected chi connectivity index (χ0v) is 15.6. The van der Waals surface area contributed by atoms with Crippen molar-refractivity contribution in [2.24, 2.45) is 0 Å². The number of esters is 1. The molecule has 0 fully saturated rings. The van der Waals surface area contributed by atoms with Crippen LogP contribution in [0.25, 0.3) is 0 Å². The van der Waals surface area contributed by atoms with Crippen molar-refractivity contribution in [1.82, 2.24) is 5.32 Å². The number of rotatable bonds is 6. The van der Waals surface area contributed by atoms with Gasteiger partial charge in [-0.25, -0.2) is 4.79 Å². The Labute approximate surface area is 167 Å². The number of benzene rings is 2. The summed E-state index contributed by atoms with van der Waals surface area (Å²) in [6.07, 6.45) is -9.35. The number of carbonyl (C=O) groups excluding carboxylic acids is 2. The molecule has 4 nitrogen and oxygen atoms in total. The molecule has 1 amide bonds. The van der Waals surface area contributed by atoms with Crippen LogP contribution in [-0.2, 0) is 17.1 Å². The van der Waals surface area contributed by atoms with Crippen molar-refractivity contribution < 1.29 is 40.7 Å². The molecule has 2 rings (SSSR count). The quantitative estimate of drug-likeness (QED) is 0.510. The third kappa shape index (κ3) is 5.74. The molecule has 1 N–H and O–H groups in total. The minimum absolute atomic E-state index is 0.161. The summed E-state index contributed by atoms with van der Waals surface area (Å²) >= 11 is 0. The van der Waals surface area contributed by atoms with Crippen LogP contribution in [0.4, 0.5) is 26.3 Å². The second kappa shape index (κ2) is 9.19. The summed E-state index contributed by atoms with van der Waals surface area (Å²) in [6.45, 7) is 1.06. The van der Waals surface area contributed by atoms with E-state index in [4.69, 9.17) is 4.74 Å². The maximum atomic E-state index is 13.1. The van der Waals surface area contributed by atoms with Gasteiger partial charge in [0.25, 0.3) is 5.91 Å². The average Bonchev–Trinajstić information content (AvgIpc) is 2.69. The standard InChI is InChI=1S/C20H17F6NO3/c1-2-12(27-17(28)13-7-3-5-9-15(13)19(21,22)23)11-30-18(29)14-8-4-6-10-16(14)20(24,25)26/h3-10,12H,2,11H2,1H3,(H,27,28)/t12-/m1/s1. The molecule has 2 aromatic carbocycles. The highest BCUT2D eigenvalue weighted by Gasteiger charge is 2.36. The van der Waals surface area contributed by atoms with Gasteiger partial charge in [-0.15, -0.1) is 0 Å². The molecule has 0 radical (unpaired) electrons. The van der Waals surface area contributed by atoms with Gasteiger partial charge < -0.3 is 10.1 Å². The largest absolute Gasteiger partial charge is 0.460 e. The van der Waals surface area contributed by atoms with Gasteiger partial charge in [0.2, 0.25) is 0 Å². The molecule has 0 bridgehead atoms. The van der Waals surface area contributed by atoms with E-state index in [0.717, 1.165) is 36.4 Å². The summed E-state index contributed by atoms with van der Waals surface area (Å²) in [5.74, 6) is -2.30. The molecule has 30 heavy (non-hydrogen) atoms. The van der Waals surface area contributed by atoms with E-state index in [2.05, 4.69) is 5.32 Å². The minimum Gasteiger partial charge on any atom is -0.460 e. The van der Waals surface area contributed by atoms with Crippen LogP contribution in [-0.4, -0.2) is 24.5 Å². The lowest BCUT2D eigenvalue weighted by Crippen LogP contribution is -2.39.